The molecule has 5 heteroatoms. The molecule has 0 bridgehead atoms. The molecule has 26 heavy (non-hydrogen) atoms. The van der Waals surface area contributed by atoms with Crippen LogP contribution >= 0.6 is 0 Å². The van der Waals surface area contributed by atoms with Gasteiger partial charge in [0.25, 0.3) is 5.56 Å². The van der Waals surface area contributed by atoms with Crippen molar-refractivity contribution in [3.63, 3.8) is 0 Å². The Hall–Kier alpha value is -2.43. The number of fused-ring (bicyclic) bond motifs is 1. The first kappa shape index (κ1) is 18.4. The van der Waals surface area contributed by atoms with Crippen molar-refractivity contribution in [1.29, 1.82) is 0 Å². The molecular formula is C21H27N3O2. The molecule has 0 radical (unpaired) electrons. The van der Waals surface area contributed by atoms with Crippen LogP contribution in [0.4, 0.5) is 0 Å². The predicted octanol–water partition coefficient (Wildman–Crippen LogP) is 2.91. The van der Waals surface area contributed by atoms with Crippen LogP contribution in [0.3, 0.4) is 0 Å². The van der Waals surface area contributed by atoms with E-state index in [2.05, 4.69) is 18.8 Å². The molecule has 138 valence electrons. The standard InChI is InChI=1S/C21H27N3O2/c1-4-21(5-2,16-10-8-7-9-11-16)20(26)24-13-12-17-18(14-24)22-15-23(6-3)19(17)25/h7-11,15H,4-6,12-14H2,1-3H3. The molecule has 0 aliphatic carbocycles. The van der Waals surface area contributed by atoms with Gasteiger partial charge in [0.05, 0.1) is 24.0 Å². The maximum absolute atomic E-state index is 13.5. The van der Waals surface area contributed by atoms with E-state index < -0.39 is 5.41 Å². The molecule has 1 amide bonds. The van der Waals surface area contributed by atoms with Crippen LogP contribution in [-0.4, -0.2) is 26.9 Å². The summed E-state index contributed by atoms with van der Waals surface area (Å²) in [5.41, 5.74) is 2.09. The molecule has 0 unspecified atom stereocenters. The van der Waals surface area contributed by atoms with E-state index in [0.29, 0.717) is 26.1 Å². The zero-order chi connectivity index (χ0) is 18.7. The number of nitrogens with zero attached hydrogens (tertiary/aromatic N) is 3. The summed E-state index contributed by atoms with van der Waals surface area (Å²) in [7, 11) is 0. The van der Waals surface area contributed by atoms with Crippen LogP contribution in [0, 0.1) is 0 Å². The maximum atomic E-state index is 13.5. The van der Waals surface area contributed by atoms with Crippen LogP contribution in [0.5, 0.6) is 0 Å². The molecule has 2 heterocycles. The normalized spacial score (nSPS) is 14.2. The molecule has 2 aromatic rings. The Morgan fingerprint density at radius 2 is 1.85 bits per heavy atom. The molecule has 0 saturated carbocycles. The third-order valence-corrected chi connectivity index (χ3v) is 5.76. The van der Waals surface area contributed by atoms with Crippen molar-refractivity contribution in [3.8, 4) is 0 Å². The Kier molecular flexibility index (Phi) is 5.25. The van der Waals surface area contributed by atoms with Gasteiger partial charge < -0.3 is 4.90 Å². The van der Waals surface area contributed by atoms with Gasteiger partial charge in [-0.25, -0.2) is 4.98 Å². The van der Waals surface area contributed by atoms with Crippen LogP contribution in [0.25, 0.3) is 0 Å². The number of carbonyl (C=O) groups is 1. The Balaban J connectivity index is 1.93. The average Bonchev–Trinajstić information content (AvgIpc) is 2.70. The number of rotatable bonds is 5. The molecule has 1 aromatic heterocycles. The fraction of sp³-hybridized carbons (Fsp3) is 0.476. The average molecular weight is 353 g/mol. The molecule has 1 aromatic carbocycles. The number of aromatic nitrogens is 2. The lowest BCUT2D eigenvalue weighted by Gasteiger charge is -2.38. The molecule has 5 nitrogen and oxygen atoms in total. The fourth-order valence-corrected chi connectivity index (χ4v) is 4.00. The highest BCUT2D eigenvalue weighted by Crippen LogP contribution is 2.35. The summed E-state index contributed by atoms with van der Waals surface area (Å²) in [5.74, 6) is 0.140. The van der Waals surface area contributed by atoms with Gasteiger partial charge in [-0.05, 0) is 31.7 Å². The monoisotopic (exact) mass is 353 g/mol. The van der Waals surface area contributed by atoms with Gasteiger partial charge in [-0.3, -0.25) is 14.2 Å². The van der Waals surface area contributed by atoms with E-state index in [0.717, 1.165) is 29.7 Å². The molecule has 0 spiro atoms. The van der Waals surface area contributed by atoms with Crippen LogP contribution < -0.4 is 5.56 Å². The topological polar surface area (TPSA) is 55.2 Å². The SMILES string of the molecule is CCn1cnc2c(c1=O)CCN(C(=O)C(CC)(CC)c1ccccc1)C2. The van der Waals surface area contributed by atoms with Crippen molar-refractivity contribution >= 4 is 5.91 Å². The molecule has 0 fully saturated rings. The maximum Gasteiger partial charge on any atom is 0.256 e. The van der Waals surface area contributed by atoms with Crippen LogP contribution in [-0.2, 0) is 29.7 Å². The fourth-order valence-electron chi connectivity index (χ4n) is 4.00. The summed E-state index contributed by atoms with van der Waals surface area (Å²) >= 11 is 0. The summed E-state index contributed by atoms with van der Waals surface area (Å²) in [5, 5.41) is 0. The minimum Gasteiger partial charge on any atom is -0.336 e. The van der Waals surface area contributed by atoms with Gasteiger partial charge >= 0.3 is 0 Å². The van der Waals surface area contributed by atoms with Gasteiger partial charge in [0.15, 0.2) is 0 Å². The first-order valence-electron chi connectivity index (χ1n) is 9.49. The Bertz CT molecular complexity index is 838. The number of aryl methyl sites for hydroxylation is 1. The summed E-state index contributed by atoms with van der Waals surface area (Å²) in [6, 6.07) is 10.0. The van der Waals surface area contributed by atoms with Crippen molar-refractivity contribution in [2.24, 2.45) is 0 Å². The second-order valence-electron chi connectivity index (χ2n) is 6.89. The minimum atomic E-state index is -0.517. The minimum absolute atomic E-state index is 0.0323. The predicted molar refractivity (Wildman–Crippen MR) is 102 cm³/mol. The van der Waals surface area contributed by atoms with E-state index in [1.165, 1.54) is 0 Å². The zero-order valence-electron chi connectivity index (χ0n) is 15.9. The Morgan fingerprint density at radius 1 is 1.15 bits per heavy atom. The first-order chi connectivity index (χ1) is 12.6. The molecule has 0 N–H and O–H groups in total. The van der Waals surface area contributed by atoms with Gasteiger partial charge in [0, 0.05) is 18.7 Å². The lowest BCUT2D eigenvalue weighted by atomic mass is 9.74. The first-order valence-corrected chi connectivity index (χ1v) is 9.49. The lowest BCUT2D eigenvalue weighted by Crippen LogP contribution is -2.49. The van der Waals surface area contributed by atoms with E-state index in [-0.39, 0.29) is 11.5 Å². The van der Waals surface area contributed by atoms with Gasteiger partial charge in [0.2, 0.25) is 5.91 Å². The Morgan fingerprint density at radius 3 is 2.46 bits per heavy atom. The third-order valence-electron chi connectivity index (χ3n) is 5.76. The molecule has 1 aliphatic heterocycles. The summed E-state index contributed by atoms with van der Waals surface area (Å²) in [6.45, 7) is 7.69. The van der Waals surface area contributed by atoms with E-state index in [1.807, 2.05) is 42.2 Å². The van der Waals surface area contributed by atoms with Crippen molar-refractivity contribution in [2.75, 3.05) is 6.54 Å². The summed E-state index contributed by atoms with van der Waals surface area (Å²) in [4.78, 5) is 32.3. The van der Waals surface area contributed by atoms with Gasteiger partial charge in [-0.1, -0.05) is 44.2 Å². The van der Waals surface area contributed by atoms with Gasteiger partial charge in [-0.15, -0.1) is 0 Å². The molecule has 3 rings (SSSR count). The van der Waals surface area contributed by atoms with Crippen LogP contribution in [0.1, 0.15) is 50.4 Å². The van der Waals surface area contributed by atoms with Crippen molar-refractivity contribution in [1.82, 2.24) is 14.5 Å². The van der Waals surface area contributed by atoms with E-state index in [9.17, 15) is 9.59 Å². The molecule has 1 aliphatic rings. The zero-order valence-corrected chi connectivity index (χ0v) is 15.9. The number of amides is 1. The van der Waals surface area contributed by atoms with Gasteiger partial charge in [0.1, 0.15) is 0 Å². The molecular weight excluding hydrogens is 326 g/mol. The smallest absolute Gasteiger partial charge is 0.256 e. The van der Waals surface area contributed by atoms with Crippen LogP contribution in [0.2, 0.25) is 0 Å². The second-order valence-corrected chi connectivity index (χ2v) is 6.89. The largest absolute Gasteiger partial charge is 0.336 e. The van der Waals surface area contributed by atoms with Crippen LogP contribution in [0.15, 0.2) is 41.5 Å². The Labute approximate surface area is 154 Å². The highest BCUT2D eigenvalue weighted by atomic mass is 16.2. The third kappa shape index (κ3) is 2.96. The lowest BCUT2D eigenvalue weighted by molar-refractivity contribution is -0.139. The molecule has 0 atom stereocenters. The highest BCUT2D eigenvalue weighted by molar-refractivity contribution is 5.88. The number of carbonyl (C=O) groups excluding carboxylic acids is 1. The van der Waals surface area contributed by atoms with Gasteiger partial charge in [-0.2, -0.15) is 0 Å². The number of hydrogen-bond donors (Lipinski definition) is 0. The van der Waals surface area contributed by atoms with Crippen molar-refractivity contribution < 1.29 is 4.79 Å². The highest BCUT2D eigenvalue weighted by Gasteiger charge is 2.40. The van der Waals surface area contributed by atoms with E-state index in [4.69, 9.17) is 0 Å². The van der Waals surface area contributed by atoms with E-state index in [1.54, 1.807) is 10.9 Å². The van der Waals surface area contributed by atoms with Crippen molar-refractivity contribution in [3.05, 3.63) is 63.8 Å². The van der Waals surface area contributed by atoms with Crippen molar-refractivity contribution in [2.45, 2.75) is 58.5 Å². The summed E-state index contributed by atoms with van der Waals surface area (Å²) in [6.07, 6.45) is 3.67. The summed E-state index contributed by atoms with van der Waals surface area (Å²) < 4.78 is 1.63. The number of hydrogen-bond acceptors (Lipinski definition) is 3. The molecule has 0 saturated heterocycles. The second kappa shape index (κ2) is 7.44. The van der Waals surface area contributed by atoms with E-state index >= 15 is 0 Å². The number of benzene rings is 1. The quantitative estimate of drug-likeness (QED) is 0.830.